The van der Waals surface area contributed by atoms with E-state index in [4.69, 9.17) is 32.4 Å². The Morgan fingerprint density at radius 3 is 2.49 bits per heavy atom. The lowest BCUT2D eigenvalue weighted by Gasteiger charge is -2.12. The molecule has 1 fully saturated rings. The summed E-state index contributed by atoms with van der Waals surface area (Å²) in [6.07, 6.45) is 1.65. The first kappa shape index (κ1) is 28.1. The van der Waals surface area contributed by atoms with Crippen LogP contribution < -0.4 is 10.1 Å². The van der Waals surface area contributed by atoms with E-state index in [1.165, 1.54) is 19.2 Å². The highest BCUT2D eigenvalue weighted by Crippen LogP contribution is 2.27. The van der Waals surface area contributed by atoms with Crippen molar-refractivity contribution in [3.05, 3.63) is 110 Å². The maximum atomic E-state index is 13.0. The number of methoxy groups -OCH3 is 1. The van der Waals surface area contributed by atoms with Crippen LogP contribution in [0, 0.1) is 13.8 Å². The number of halogens is 2. The zero-order valence-corrected chi connectivity index (χ0v) is 23.9. The van der Waals surface area contributed by atoms with Crippen LogP contribution in [-0.2, 0) is 22.7 Å². The molecule has 3 amide bonds. The van der Waals surface area contributed by atoms with Gasteiger partial charge in [0.25, 0.3) is 5.91 Å². The van der Waals surface area contributed by atoms with E-state index in [9.17, 15) is 14.4 Å². The number of imide groups is 1. The summed E-state index contributed by atoms with van der Waals surface area (Å²) >= 11 is 12.2. The van der Waals surface area contributed by atoms with Crippen molar-refractivity contribution < 1.29 is 28.3 Å². The number of furan rings is 1. The molecule has 0 aliphatic carbocycles. The van der Waals surface area contributed by atoms with Crippen LogP contribution in [0.1, 0.15) is 38.8 Å². The smallest absolute Gasteiger partial charge is 0.373 e. The second-order valence-corrected chi connectivity index (χ2v) is 10.2. The Hall–Kier alpha value is -4.47. The summed E-state index contributed by atoms with van der Waals surface area (Å²) in [5.41, 5.74) is 4.47. The van der Waals surface area contributed by atoms with E-state index in [2.05, 4.69) is 10.1 Å². The fourth-order valence-electron chi connectivity index (χ4n) is 4.52. The molecule has 210 valence electrons. The number of rotatable bonds is 8. The molecule has 9 nitrogen and oxygen atoms in total. The summed E-state index contributed by atoms with van der Waals surface area (Å²) < 4.78 is 18.0. The van der Waals surface area contributed by atoms with Crippen LogP contribution >= 0.6 is 23.2 Å². The van der Waals surface area contributed by atoms with Crippen LogP contribution in [0.15, 0.2) is 70.8 Å². The topological polar surface area (TPSA) is 103 Å². The van der Waals surface area contributed by atoms with Crippen molar-refractivity contribution in [1.82, 2.24) is 14.8 Å². The summed E-state index contributed by atoms with van der Waals surface area (Å²) in [6.45, 7) is 4.07. The Kier molecular flexibility index (Phi) is 7.92. The maximum Gasteiger partial charge on any atom is 0.373 e. The standard InChI is InChI=1S/C30H25Cl2N3O6/c1-17-12-20(13-26-28(36)34(30(38)33-26)15-24-10-11-27(41-24)29(37)39-3)18(2)35(17)22-6-8-23(9-7-22)40-16-19-4-5-21(31)14-25(19)32/h4-14H,15-16H2,1-3H3,(H,33,38)/b26-13-. The monoisotopic (exact) mass is 593 g/mol. The average molecular weight is 594 g/mol. The molecule has 4 aromatic rings. The van der Waals surface area contributed by atoms with Crippen LogP contribution in [0.3, 0.4) is 0 Å². The van der Waals surface area contributed by atoms with Gasteiger partial charge in [-0.05, 0) is 80.1 Å². The van der Waals surface area contributed by atoms with E-state index in [1.54, 1.807) is 18.2 Å². The Bertz CT molecular complexity index is 1690. The molecule has 2 aromatic carbocycles. The van der Waals surface area contributed by atoms with E-state index in [1.807, 2.05) is 54.8 Å². The molecular formula is C30H25Cl2N3O6. The van der Waals surface area contributed by atoms with Gasteiger partial charge in [0.05, 0.1) is 13.7 Å². The number of carbonyl (C=O) groups excluding carboxylic acids is 3. The largest absolute Gasteiger partial charge is 0.489 e. The van der Waals surface area contributed by atoms with Gasteiger partial charge in [-0.3, -0.25) is 9.69 Å². The van der Waals surface area contributed by atoms with Gasteiger partial charge in [0.15, 0.2) is 0 Å². The zero-order valence-electron chi connectivity index (χ0n) is 22.4. The first-order valence-electron chi connectivity index (χ1n) is 12.5. The van der Waals surface area contributed by atoms with Gasteiger partial charge in [-0.15, -0.1) is 0 Å². The van der Waals surface area contributed by atoms with Crippen molar-refractivity contribution in [2.45, 2.75) is 27.0 Å². The first-order valence-corrected chi connectivity index (χ1v) is 13.3. The normalized spacial score (nSPS) is 14.1. The van der Waals surface area contributed by atoms with Gasteiger partial charge in [0.1, 0.15) is 23.8 Å². The number of hydrogen-bond donors (Lipinski definition) is 1. The van der Waals surface area contributed by atoms with E-state index < -0.39 is 17.9 Å². The molecule has 1 N–H and O–H groups in total. The zero-order chi connectivity index (χ0) is 29.3. The Labute approximate surface area is 245 Å². The van der Waals surface area contributed by atoms with Crippen molar-refractivity contribution in [2.24, 2.45) is 0 Å². The second kappa shape index (κ2) is 11.6. The molecule has 1 aliphatic heterocycles. The number of hydrogen-bond acceptors (Lipinski definition) is 6. The van der Waals surface area contributed by atoms with E-state index >= 15 is 0 Å². The van der Waals surface area contributed by atoms with Gasteiger partial charge in [-0.25, -0.2) is 9.59 Å². The number of ether oxygens (including phenoxy) is 2. The fourth-order valence-corrected chi connectivity index (χ4v) is 4.99. The summed E-state index contributed by atoms with van der Waals surface area (Å²) in [5, 5.41) is 3.73. The summed E-state index contributed by atoms with van der Waals surface area (Å²) in [6, 6.07) is 17.2. The molecule has 0 unspecified atom stereocenters. The number of nitrogens with one attached hydrogen (secondary N) is 1. The van der Waals surface area contributed by atoms with Crippen LogP contribution in [0.2, 0.25) is 10.0 Å². The molecular weight excluding hydrogens is 569 g/mol. The molecule has 2 aromatic heterocycles. The number of benzene rings is 2. The van der Waals surface area contributed by atoms with E-state index in [0.29, 0.717) is 22.4 Å². The minimum Gasteiger partial charge on any atom is -0.489 e. The van der Waals surface area contributed by atoms with Crippen molar-refractivity contribution in [1.29, 1.82) is 0 Å². The van der Waals surface area contributed by atoms with Crippen molar-refractivity contribution in [2.75, 3.05) is 7.11 Å². The number of esters is 1. The van der Waals surface area contributed by atoms with Crippen molar-refractivity contribution in [3.63, 3.8) is 0 Å². The molecule has 3 heterocycles. The third-order valence-electron chi connectivity index (χ3n) is 6.60. The third-order valence-corrected chi connectivity index (χ3v) is 7.19. The molecule has 0 spiro atoms. The molecule has 0 bridgehead atoms. The lowest BCUT2D eigenvalue weighted by molar-refractivity contribution is -0.123. The highest BCUT2D eigenvalue weighted by atomic mass is 35.5. The second-order valence-electron chi connectivity index (χ2n) is 9.32. The quantitative estimate of drug-likeness (QED) is 0.143. The maximum absolute atomic E-state index is 13.0. The van der Waals surface area contributed by atoms with Crippen molar-refractivity contribution >= 4 is 47.2 Å². The Morgan fingerprint density at radius 1 is 1.02 bits per heavy atom. The Balaban J connectivity index is 1.30. The minimum absolute atomic E-state index is 0.0108. The lowest BCUT2D eigenvalue weighted by atomic mass is 10.2. The fraction of sp³-hybridized carbons (Fsp3) is 0.167. The average Bonchev–Trinajstić information content (AvgIpc) is 3.61. The number of aromatic nitrogens is 1. The molecule has 5 rings (SSSR count). The predicted molar refractivity (Wildman–Crippen MR) is 153 cm³/mol. The molecule has 41 heavy (non-hydrogen) atoms. The molecule has 0 atom stereocenters. The van der Waals surface area contributed by atoms with Gasteiger partial charge in [-0.1, -0.05) is 29.3 Å². The highest BCUT2D eigenvalue weighted by molar-refractivity contribution is 6.35. The number of amides is 3. The highest BCUT2D eigenvalue weighted by Gasteiger charge is 2.34. The van der Waals surface area contributed by atoms with Crippen LogP contribution in [0.25, 0.3) is 11.8 Å². The van der Waals surface area contributed by atoms with E-state index in [-0.39, 0.29) is 23.8 Å². The van der Waals surface area contributed by atoms with Gasteiger partial charge >= 0.3 is 12.0 Å². The predicted octanol–water partition coefficient (Wildman–Crippen LogP) is 6.45. The lowest BCUT2D eigenvalue weighted by Crippen LogP contribution is -2.30. The first-order chi connectivity index (χ1) is 19.6. The van der Waals surface area contributed by atoms with Gasteiger partial charge in [0.2, 0.25) is 5.76 Å². The number of carbonyl (C=O) groups is 3. The van der Waals surface area contributed by atoms with Crippen LogP contribution in [0.4, 0.5) is 4.79 Å². The van der Waals surface area contributed by atoms with Crippen LogP contribution in [-0.4, -0.2) is 34.5 Å². The molecule has 1 saturated heterocycles. The number of urea groups is 1. The third kappa shape index (κ3) is 5.86. The molecule has 0 saturated carbocycles. The van der Waals surface area contributed by atoms with Crippen molar-refractivity contribution in [3.8, 4) is 11.4 Å². The summed E-state index contributed by atoms with van der Waals surface area (Å²) in [4.78, 5) is 38.2. The number of nitrogens with zero attached hydrogens (tertiary/aromatic N) is 2. The van der Waals surface area contributed by atoms with Gasteiger partial charge in [0, 0.05) is 32.7 Å². The van der Waals surface area contributed by atoms with Gasteiger partial charge < -0.3 is 23.8 Å². The molecule has 0 radical (unpaired) electrons. The van der Waals surface area contributed by atoms with Crippen LogP contribution in [0.5, 0.6) is 5.75 Å². The summed E-state index contributed by atoms with van der Waals surface area (Å²) in [7, 11) is 1.24. The number of aryl methyl sites for hydroxylation is 1. The summed E-state index contributed by atoms with van der Waals surface area (Å²) in [5.74, 6) is -0.202. The molecule has 11 heteroatoms. The Morgan fingerprint density at radius 2 is 1.78 bits per heavy atom. The van der Waals surface area contributed by atoms with E-state index in [0.717, 1.165) is 33.1 Å². The molecule has 1 aliphatic rings. The van der Waals surface area contributed by atoms with Gasteiger partial charge in [-0.2, -0.15) is 0 Å². The SMILES string of the molecule is COC(=O)c1ccc(CN2C(=O)N/C(=C\c3cc(C)n(-c4ccc(OCc5ccc(Cl)cc5Cl)cc4)c3C)C2=O)o1. The minimum atomic E-state index is -0.644.